The van der Waals surface area contributed by atoms with Gasteiger partial charge in [0, 0.05) is 9.75 Å². The molecule has 0 aliphatic carbocycles. The average molecular weight is 456 g/mol. The Labute approximate surface area is 182 Å². The van der Waals surface area contributed by atoms with Gasteiger partial charge >= 0.3 is 0 Å². The zero-order valence-electron chi connectivity index (χ0n) is 14.4. The number of rotatable bonds is 4. The van der Waals surface area contributed by atoms with Crippen molar-refractivity contribution in [3.63, 3.8) is 0 Å². The predicted molar refractivity (Wildman–Crippen MR) is 121 cm³/mol. The normalized spacial score (nSPS) is 12.5. The molecule has 3 aromatic rings. The summed E-state index contributed by atoms with van der Waals surface area (Å²) in [5, 5.41) is 2.07. The van der Waals surface area contributed by atoms with Crippen LogP contribution in [0.25, 0.3) is 0 Å². The van der Waals surface area contributed by atoms with E-state index in [9.17, 15) is 0 Å². The molecule has 0 aliphatic rings. The van der Waals surface area contributed by atoms with Crippen LogP contribution in [0.1, 0.15) is 23.6 Å². The fraction of sp³-hybridized carbons (Fsp3) is 0.100. The van der Waals surface area contributed by atoms with Crippen LogP contribution in [0.2, 0.25) is 20.1 Å². The van der Waals surface area contributed by atoms with Gasteiger partial charge in [0.2, 0.25) is 0 Å². The van der Waals surface area contributed by atoms with Crippen LogP contribution >= 0.6 is 57.7 Å². The molecular weight excluding hydrogens is 442 g/mol. The largest absolute Gasteiger partial charge is 0.249 e. The Hall–Kier alpha value is -1.36. The number of para-hydroxylation sites is 2. The third-order valence-electron chi connectivity index (χ3n) is 3.75. The van der Waals surface area contributed by atoms with E-state index in [-0.39, 0.29) is 0 Å². The molecule has 7 heteroatoms. The molecule has 0 N–H and O–H groups in total. The fourth-order valence-corrected chi connectivity index (χ4v) is 4.22. The van der Waals surface area contributed by atoms with Gasteiger partial charge in [-0.1, -0.05) is 58.5 Å². The molecule has 0 saturated carbocycles. The molecule has 3 rings (SSSR count). The van der Waals surface area contributed by atoms with Crippen molar-refractivity contribution in [2.24, 2.45) is 9.98 Å². The minimum atomic E-state index is 0.518. The molecule has 0 aliphatic heterocycles. The second kappa shape index (κ2) is 8.76. The van der Waals surface area contributed by atoms with Crippen LogP contribution in [-0.4, -0.2) is 11.4 Å². The molecule has 1 aromatic heterocycles. The molecular formula is C20H14Cl4N2S. The maximum Gasteiger partial charge on any atom is 0.101 e. The molecule has 0 bridgehead atoms. The summed E-state index contributed by atoms with van der Waals surface area (Å²) < 4.78 is 0. The first kappa shape index (κ1) is 20.4. The summed E-state index contributed by atoms with van der Waals surface area (Å²) in [4.78, 5) is 11.2. The number of halogens is 4. The van der Waals surface area contributed by atoms with Crippen molar-refractivity contribution in [3.05, 3.63) is 78.4 Å². The maximum absolute atomic E-state index is 6.20. The molecule has 0 unspecified atom stereocenters. The molecule has 1 heterocycles. The molecule has 0 fully saturated rings. The lowest BCUT2D eigenvalue weighted by atomic mass is 10.2. The van der Waals surface area contributed by atoms with Gasteiger partial charge in [0.05, 0.1) is 31.5 Å². The van der Waals surface area contributed by atoms with E-state index in [2.05, 4.69) is 9.98 Å². The first-order valence-corrected chi connectivity index (χ1v) is 10.3. The van der Waals surface area contributed by atoms with Crippen LogP contribution < -0.4 is 0 Å². The Morgan fingerprint density at radius 3 is 1.30 bits per heavy atom. The third-order valence-corrected chi connectivity index (χ3v) is 6.28. The molecule has 2 aromatic carbocycles. The highest BCUT2D eigenvalue weighted by Gasteiger charge is 2.10. The van der Waals surface area contributed by atoms with Crippen LogP contribution in [0.5, 0.6) is 0 Å². The van der Waals surface area contributed by atoms with E-state index in [4.69, 9.17) is 46.4 Å². The molecule has 27 heavy (non-hydrogen) atoms. The Morgan fingerprint density at radius 1 is 0.630 bits per heavy atom. The van der Waals surface area contributed by atoms with Gasteiger partial charge in [0.15, 0.2) is 0 Å². The molecule has 0 radical (unpaired) electrons. The summed E-state index contributed by atoms with van der Waals surface area (Å²) in [6.07, 6.45) is 0. The number of aliphatic imine (C=N–C) groups is 2. The highest BCUT2D eigenvalue weighted by Crippen LogP contribution is 2.35. The van der Waals surface area contributed by atoms with Gasteiger partial charge < -0.3 is 0 Å². The first-order chi connectivity index (χ1) is 12.9. The van der Waals surface area contributed by atoms with Gasteiger partial charge in [-0.15, -0.1) is 11.3 Å². The van der Waals surface area contributed by atoms with Crippen molar-refractivity contribution < 1.29 is 0 Å². The first-order valence-electron chi connectivity index (χ1n) is 7.96. The average Bonchev–Trinajstić information content (AvgIpc) is 3.12. The zero-order valence-corrected chi connectivity index (χ0v) is 18.3. The molecule has 0 saturated heterocycles. The van der Waals surface area contributed by atoms with Crippen LogP contribution in [0.15, 0.2) is 58.5 Å². The molecule has 0 spiro atoms. The lowest BCUT2D eigenvalue weighted by Gasteiger charge is -2.04. The summed E-state index contributed by atoms with van der Waals surface area (Å²) >= 11 is 26.4. The molecule has 2 nitrogen and oxygen atoms in total. The SMILES string of the molecule is CC(=Nc1c(Cl)cccc1Cl)c1ccc(C(C)=Nc2c(Cl)cccc2Cl)s1. The Balaban J connectivity index is 1.92. The number of hydrogen-bond donors (Lipinski definition) is 0. The van der Waals surface area contributed by atoms with Gasteiger partial charge in [-0.05, 0) is 50.2 Å². The van der Waals surface area contributed by atoms with E-state index < -0.39 is 0 Å². The summed E-state index contributed by atoms with van der Waals surface area (Å²) in [6, 6.07) is 14.7. The van der Waals surface area contributed by atoms with Crippen molar-refractivity contribution in [2.75, 3.05) is 0 Å². The fourth-order valence-electron chi connectivity index (χ4n) is 2.36. The second-order valence-electron chi connectivity index (χ2n) is 5.70. The molecule has 0 atom stereocenters. The Morgan fingerprint density at radius 2 is 0.963 bits per heavy atom. The second-order valence-corrected chi connectivity index (χ2v) is 8.41. The zero-order chi connectivity index (χ0) is 19.6. The monoisotopic (exact) mass is 454 g/mol. The van der Waals surface area contributed by atoms with Crippen molar-refractivity contribution >= 4 is 80.5 Å². The highest BCUT2D eigenvalue weighted by molar-refractivity contribution is 7.16. The lowest BCUT2D eigenvalue weighted by Crippen LogP contribution is -1.91. The van der Waals surface area contributed by atoms with E-state index in [0.29, 0.717) is 31.5 Å². The Kier molecular flexibility index (Phi) is 6.61. The van der Waals surface area contributed by atoms with Gasteiger partial charge in [-0.2, -0.15) is 0 Å². The summed E-state index contributed by atoms with van der Waals surface area (Å²) in [5.41, 5.74) is 2.79. The van der Waals surface area contributed by atoms with Gasteiger partial charge in [-0.3, -0.25) is 0 Å². The van der Waals surface area contributed by atoms with Gasteiger partial charge in [0.25, 0.3) is 0 Å². The van der Waals surface area contributed by atoms with Crippen molar-refractivity contribution in [1.29, 1.82) is 0 Å². The highest BCUT2D eigenvalue weighted by atomic mass is 35.5. The van der Waals surface area contributed by atoms with Crippen molar-refractivity contribution in [2.45, 2.75) is 13.8 Å². The Bertz CT molecular complexity index is 931. The van der Waals surface area contributed by atoms with E-state index >= 15 is 0 Å². The minimum absolute atomic E-state index is 0.518. The molecule has 0 amide bonds. The van der Waals surface area contributed by atoms with Crippen LogP contribution in [-0.2, 0) is 0 Å². The van der Waals surface area contributed by atoms with E-state index in [1.54, 1.807) is 47.7 Å². The quantitative estimate of drug-likeness (QED) is 0.351. The summed E-state index contributed by atoms with van der Waals surface area (Å²) in [6.45, 7) is 3.85. The maximum atomic E-state index is 6.20. The third kappa shape index (κ3) is 4.74. The lowest BCUT2D eigenvalue weighted by molar-refractivity contribution is 1.49. The number of thiophene rings is 1. The van der Waals surface area contributed by atoms with Gasteiger partial charge in [-0.25, -0.2) is 9.98 Å². The smallest absolute Gasteiger partial charge is 0.101 e. The van der Waals surface area contributed by atoms with Crippen molar-refractivity contribution in [3.8, 4) is 0 Å². The van der Waals surface area contributed by atoms with E-state index in [1.165, 1.54) is 0 Å². The topological polar surface area (TPSA) is 24.7 Å². The predicted octanol–water partition coefficient (Wildman–Crippen LogP) is 8.64. The number of hydrogen-bond acceptors (Lipinski definition) is 3. The number of benzene rings is 2. The standard InChI is InChI=1S/C20H14Cl4N2S/c1-11(25-19-13(21)5-3-6-14(19)22)17-9-10-18(27-17)12(2)26-20-15(23)7-4-8-16(20)24/h3-10H,1-2H3. The van der Waals surface area contributed by atoms with Gasteiger partial charge in [0.1, 0.15) is 11.4 Å². The van der Waals surface area contributed by atoms with Crippen LogP contribution in [0, 0.1) is 0 Å². The van der Waals surface area contributed by atoms with E-state index in [0.717, 1.165) is 21.2 Å². The minimum Gasteiger partial charge on any atom is -0.249 e. The van der Waals surface area contributed by atoms with Crippen LogP contribution in [0.4, 0.5) is 11.4 Å². The number of nitrogens with zero attached hydrogens (tertiary/aromatic N) is 2. The van der Waals surface area contributed by atoms with Crippen molar-refractivity contribution in [1.82, 2.24) is 0 Å². The molecule has 138 valence electrons. The summed E-state index contributed by atoms with van der Waals surface area (Å²) in [5.74, 6) is 0. The van der Waals surface area contributed by atoms with E-state index in [1.807, 2.05) is 26.0 Å². The van der Waals surface area contributed by atoms with Crippen LogP contribution in [0.3, 0.4) is 0 Å². The summed E-state index contributed by atoms with van der Waals surface area (Å²) in [7, 11) is 0.